The van der Waals surface area contributed by atoms with Crippen LogP contribution in [0.5, 0.6) is 0 Å². The van der Waals surface area contributed by atoms with E-state index in [0.29, 0.717) is 25.1 Å². The van der Waals surface area contributed by atoms with Gasteiger partial charge in [-0.3, -0.25) is 18.7 Å². The number of aromatic nitrogens is 4. The molecule has 248 valence electrons. The summed E-state index contributed by atoms with van der Waals surface area (Å²) in [6, 6.07) is 43.3. The Hall–Kier alpha value is -6.28. The monoisotopic (exact) mass is 658 g/mol. The highest BCUT2D eigenvalue weighted by Gasteiger charge is 2.39. The van der Waals surface area contributed by atoms with E-state index in [0.717, 1.165) is 50.4 Å². The van der Waals surface area contributed by atoms with Gasteiger partial charge in [0.15, 0.2) is 0 Å². The second-order valence-electron chi connectivity index (χ2n) is 12.3. The third-order valence-electron chi connectivity index (χ3n) is 9.09. The van der Waals surface area contributed by atoms with Crippen LogP contribution in [-0.2, 0) is 10.3 Å². The molecule has 0 aliphatic heterocycles. The first kappa shape index (κ1) is 32.3. The van der Waals surface area contributed by atoms with Gasteiger partial charge in [-0.05, 0) is 54.3 Å². The van der Waals surface area contributed by atoms with E-state index in [2.05, 4.69) is 123 Å². The van der Waals surface area contributed by atoms with E-state index in [9.17, 15) is 9.59 Å². The second-order valence-corrected chi connectivity index (χ2v) is 12.3. The zero-order chi connectivity index (χ0) is 34.5. The maximum Gasteiger partial charge on any atom is 0.251 e. The van der Waals surface area contributed by atoms with E-state index < -0.39 is 5.54 Å². The van der Waals surface area contributed by atoms with Gasteiger partial charge < -0.3 is 10.6 Å². The molecule has 4 aromatic carbocycles. The maximum atomic E-state index is 12.7. The van der Waals surface area contributed by atoms with E-state index in [1.54, 1.807) is 0 Å². The average molecular weight is 659 g/mol. The molecule has 8 nitrogen and oxygen atoms in total. The minimum absolute atomic E-state index is 0.0761. The Kier molecular flexibility index (Phi) is 9.08. The number of carbonyl (C=O) groups excluding carboxylic acids is 2. The maximum absolute atomic E-state index is 12.7. The van der Waals surface area contributed by atoms with Crippen LogP contribution in [0.15, 0.2) is 146 Å². The lowest BCUT2D eigenvalue weighted by atomic mass is 9.77. The van der Waals surface area contributed by atoms with Crippen molar-refractivity contribution in [2.24, 2.45) is 0 Å². The van der Waals surface area contributed by atoms with Crippen LogP contribution in [0.2, 0.25) is 0 Å². The van der Waals surface area contributed by atoms with Crippen molar-refractivity contribution in [1.29, 1.82) is 0 Å². The summed E-state index contributed by atoms with van der Waals surface area (Å²) in [7, 11) is 0. The van der Waals surface area contributed by atoms with E-state index in [-0.39, 0.29) is 11.8 Å². The summed E-state index contributed by atoms with van der Waals surface area (Å²) in [5.41, 5.74) is 8.82. The molecule has 0 spiro atoms. The van der Waals surface area contributed by atoms with Gasteiger partial charge in [-0.25, -0.2) is 4.98 Å². The Balaban J connectivity index is 1.24. The molecule has 2 amide bonds. The SMILES string of the molecule is CC(=O)NCCCNC(=O)c1ccc(-c2cnc3ccc(-c4cn(C(c5ccccc5)(c5ccccc5)c5ccccc5)nc4C)cn23)cc1. The van der Waals surface area contributed by atoms with Crippen molar-refractivity contribution < 1.29 is 9.59 Å². The average Bonchev–Trinajstić information content (AvgIpc) is 3.76. The van der Waals surface area contributed by atoms with E-state index >= 15 is 0 Å². The summed E-state index contributed by atoms with van der Waals surface area (Å²) in [5.74, 6) is -0.224. The van der Waals surface area contributed by atoms with Crippen LogP contribution in [0.4, 0.5) is 0 Å². The smallest absolute Gasteiger partial charge is 0.251 e. The molecule has 0 fully saturated rings. The molecule has 3 aromatic heterocycles. The zero-order valence-electron chi connectivity index (χ0n) is 28.1. The third kappa shape index (κ3) is 6.19. The number of pyridine rings is 1. The lowest BCUT2D eigenvalue weighted by Crippen LogP contribution is -2.38. The fraction of sp³-hybridized carbons (Fsp3) is 0.143. The van der Waals surface area contributed by atoms with Crippen LogP contribution < -0.4 is 10.6 Å². The number of imidazole rings is 1. The number of nitrogens with one attached hydrogen (secondary N) is 2. The van der Waals surface area contributed by atoms with Crippen molar-refractivity contribution in [1.82, 2.24) is 29.8 Å². The number of fused-ring (bicyclic) bond motifs is 1. The van der Waals surface area contributed by atoms with Crippen molar-refractivity contribution in [2.75, 3.05) is 13.1 Å². The Bertz CT molecular complexity index is 2140. The Morgan fingerprint density at radius 3 is 1.82 bits per heavy atom. The number of benzene rings is 4. The highest BCUT2D eigenvalue weighted by atomic mass is 16.2. The van der Waals surface area contributed by atoms with Gasteiger partial charge in [-0.15, -0.1) is 0 Å². The molecular weight excluding hydrogens is 621 g/mol. The molecule has 3 heterocycles. The molecule has 0 aliphatic rings. The standard InChI is InChI=1S/C42H38N6O2/c1-30-38(29-48(46-30)42(35-13-6-3-7-14-35,36-15-8-4-9-16-36)37-17-10-5-11-18-37)34-23-24-40-45-27-39(47(40)28-34)32-19-21-33(22-20-32)41(50)44-26-12-25-43-31(2)49/h3-11,13-24,27-29H,12,25-26H2,1-2H3,(H,43,49)(H,44,50). The molecule has 0 atom stereocenters. The molecule has 0 unspecified atom stereocenters. The van der Waals surface area contributed by atoms with Gasteiger partial charge in [-0.2, -0.15) is 5.10 Å². The molecule has 50 heavy (non-hydrogen) atoms. The highest BCUT2D eigenvalue weighted by molar-refractivity contribution is 5.94. The number of nitrogens with zero attached hydrogens (tertiary/aromatic N) is 4. The molecule has 7 aromatic rings. The summed E-state index contributed by atoms with van der Waals surface area (Å²) in [5, 5.41) is 10.9. The first-order chi connectivity index (χ1) is 24.4. The molecule has 2 N–H and O–H groups in total. The van der Waals surface area contributed by atoms with Crippen LogP contribution in [0.3, 0.4) is 0 Å². The topological polar surface area (TPSA) is 93.3 Å². The summed E-state index contributed by atoms with van der Waals surface area (Å²) in [6.45, 7) is 4.55. The van der Waals surface area contributed by atoms with Gasteiger partial charge in [0.25, 0.3) is 5.91 Å². The first-order valence-corrected chi connectivity index (χ1v) is 16.8. The van der Waals surface area contributed by atoms with Crippen LogP contribution in [-0.4, -0.2) is 44.1 Å². The quantitative estimate of drug-likeness (QED) is 0.113. The van der Waals surface area contributed by atoms with Gasteiger partial charge >= 0.3 is 0 Å². The van der Waals surface area contributed by atoms with Gasteiger partial charge in [-0.1, -0.05) is 103 Å². The predicted molar refractivity (Wildman–Crippen MR) is 197 cm³/mol. The predicted octanol–water partition coefficient (Wildman–Crippen LogP) is 7.27. The van der Waals surface area contributed by atoms with Crippen LogP contribution >= 0.6 is 0 Å². The van der Waals surface area contributed by atoms with Gasteiger partial charge in [0, 0.05) is 54.7 Å². The molecule has 7 rings (SSSR count). The molecule has 8 heteroatoms. The van der Waals surface area contributed by atoms with Gasteiger partial charge in [0.1, 0.15) is 11.2 Å². The van der Waals surface area contributed by atoms with Crippen molar-refractivity contribution in [3.63, 3.8) is 0 Å². The number of aryl methyl sites for hydroxylation is 1. The lowest BCUT2D eigenvalue weighted by molar-refractivity contribution is -0.118. The summed E-state index contributed by atoms with van der Waals surface area (Å²) >= 11 is 0. The van der Waals surface area contributed by atoms with E-state index in [1.807, 2.05) is 54.7 Å². The minimum Gasteiger partial charge on any atom is -0.356 e. The van der Waals surface area contributed by atoms with Crippen LogP contribution in [0.1, 0.15) is 46.1 Å². The summed E-state index contributed by atoms with van der Waals surface area (Å²) < 4.78 is 4.20. The van der Waals surface area contributed by atoms with Crippen molar-refractivity contribution >= 4 is 17.5 Å². The summed E-state index contributed by atoms with van der Waals surface area (Å²) in [6.07, 6.45) is 6.79. The lowest BCUT2D eigenvalue weighted by Gasteiger charge is -2.36. The molecule has 0 bridgehead atoms. The largest absolute Gasteiger partial charge is 0.356 e. The molecule has 0 saturated heterocycles. The number of hydrogen-bond donors (Lipinski definition) is 2. The first-order valence-electron chi connectivity index (χ1n) is 16.8. The highest BCUT2D eigenvalue weighted by Crippen LogP contribution is 2.41. The number of carbonyl (C=O) groups is 2. The zero-order valence-corrected chi connectivity index (χ0v) is 28.1. The number of hydrogen-bond acceptors (Lipinski definition) is 4. The van der Waals surface area contributed by atoms with E-state index in [4.69, 9.17) is 5.10 Å². The van der Waals surface area contributed by atoms with Gasteiger partial charge in [0.2, 0.25) is 5.91 Å². The second kappa shape index (κ2) is 14.1. The number of rotatable bonds is 11. The van der Waals surface area contributed by atoms with Crippen LogP contribution in [0.25, 0.3) is 28.0 Å². The fourth-order valence-electron chi connectivity index (χ4n) is 6.65. The fourth-order valence-corrected chi connectivity index (χ4v) is 6.65. The molecule has 0 aliphatic carbocycles. The summed E-state index contributed by atoms with van der Waals surface area (Å²) in [4.78, 5) is 28.4. The normalized spacial score (nSPS) is 11.4. The van der Waals surface area contributed by atoms with Gasteiger partial charge in [0.05, 0.1) is 17.6 Å². The molecule has 0 saturated carbocycles. The molecular formula is C42H38N6O2. The number of amides is 2. The Morgan fingerprint density at radius 1 is 0.680 bits per heavy atom. The third-order valence-corrected chi connectivity index (χ3v) is 9.09. The Morgan fingerprint density at radius 2 is 1.24 bits per heavy atom. The van der Waals surface area contributed by atoms with Crippen molar-refractivity contribution in [3.8, 4) is 22.4 Å². The Labute approximate surface area is 291 Å². The molecule has 0 radical (unpaired) electrons. The van der Waals surface area contributed by atoms with Crippen molar-refractivity contribution in [2.45, 2.75) is 25.8 Å². The van der Waals surface area contributed by atoms with E-state index in [1.165, 1.54) is 6.92 Å². The minimum atomic E-state index is -0.712. The van der Waals surface area contributed by atoms with Crippen molar-refractivity contribution in [3.05, 3.63) is 174 Å². The van der Waals surface area contributed by atoms with Crippen LogP contribution in [0, 0.1) is 6.92 Å².